The molecule has 0 unspecified atom stereocenters. The van der Waals surface area contributed by atoms with Crippen LogP contribution in [0.4, 0.5) is 0 Å². The zero-order valence-electron chi connectivity index (χ0n) is 11.0. The van der Waals surface area contributed by atoms with Crippen LogP contribution in [-0.4, -0.2) is 31.4 Å². The highest BCUT2D eigenvalue weighted by Crippen LogP contribution is 2.28. The second-order valence-electron chi connectivity index (χ2n) is 5.03. The molecule has 5 nitrogen and oxygen atoms in total. The first-order valence-electron chi connectivity index (χ1n) is 6.17. The molecule has 1 fully saturated rings. The van der Waals surface area contributed by atoms with Crippen LogP contribution >= 0.6 is 0 Å². The molecule has 1 aromatic rings. The lowest BCUT2D eigenvalue weighted by Gasteiger charge is -2.35. The SMILES string of the molecule is Cc1cc(S(=O)(=O)N2CC[C@@H](N)C[C@H]2C)c(C)o1. The Hall–Kier alpha value is -0.850. The number of rotatable bonds is 2. The van der Waals surface area contributed by atoms with E-state index in [0.717, 1.165) is 0 Å². The first-order chi connectivity index (χ1) is 8.32. The second-order valence-corrected chi connectivity index (χ2v) is 6.89. The summed E-state index contributed by atoms with van der Waals surface area (Å²) >= 11 is 0. The van der Waals surface area contributed by atoms with Gasteiger partial charge in [0, 0.05) is 18.6 Å². The molecule has 0 amide bonds. The molecule has 0 bridgehead atoms. The van der Waals surface area contributed by atoms with E-state index in [0.29, 0.717) is 30.9 Å². The largest absolute Gasteiger partial charge is 0.465 e. The van der Waals surface area contributed by atoms with Gasteiger partial charge in [0.2, 0.25) is 10.0 Å². The van der Waals surface area contributed by atoms with E-state index in [4.69, 9.17) is 10.2 Å². The molecule has 6 heteroatoms. The predicted octanol–water partition coefficient (Wildman–Crippen LogP) is 1.40. The molecular weight excluding hydrogens is 252 g/mol. The fraction of sp³-hybridized carbons (Fsp3) is 0.667. The van der Waals surface area contributed by atoms with Gasteiger partial charge in [-0.2, -0.15) is 4.31 Å². The molecular formula is C12H20N2O3S. The maximum Gasteiger partial charge on any atom is 0.246 e. The Labute approximate surface area is 108 Å². The smallest absolute Gasteiger partial charge is 0.246 e. The molecule has 1 aromatic heterocycles. The molecule has 102 valence electrons. The highest BCUT2D eigenvalue weighted by molar-refractivity contribution is 7.89. The zero-order valence-corrected chi connectivity index (χ0v) is 11.8. The summed E-state index contributed by atoms with van der Waals surface area (Å²) in [6.07, 6.45) is 1.41. The van der Waals surface area contributed by atoms with Gasteiger partial charge in [-0.3, -0.25) is 0 Å². The van der Waals surface area contributed by atoms with E-state index in [1.165, 1.54) is 4.31 Å². The summed E-state index contributed by atoms with van der Waals surface area (Å²) in [5.74, 6) is 1.07. The number of nitrogens with zero attached hydrogens (tertiary/aromatic N) is 1. The van der Waals surface area contributed by atoms with Crippen molar-refractivity contribution in [3.8, 4) is 0 Å². The Morgan fingerprint density at radius 2 is 2.11 bits per heavy atom. The van der Waals surface area contributed by atoms with Crippen LogP contribution in [-0.2, 0) is 10.0 Å². The second kappa shape index (κ2) is 4.68. The van der Waals surface area contributed by atoms with Crippen LogP contribution in [0, 0.1) is 13.8 Å². The van der Waals surface area contributed by atoms with E-state index in [-0.39, 0.29) is 17.0 Å². The predicted molar refractivity (Wildman–Crippen MR) is 68.7 cm³/mol. The number of sulfonamides is 1. The standard InChI is InChI=1S/C12H20N2O3S/c1-8-6-11(13)4-5-14(8)18(15,16)12-7-9(2)17-10(12)3/h7-8,11H,4-6,13H2,1-3H3/t8-,11-/m1/s1. The van der Waals surface area contributed by atoms with Crippen molar-refractivity contribution >= 4 is 10.0 Å². The highest BCUT2D eigenvalue weighted by Gasteiger charge is 2.35. The zero-order chi connectivity index (χ0) is 13.5. The van der Waals surface area contributed by atoms with Crippen molar-refractivity contribution in [2.24, 2.45) is 5.73 Å². The first kappa shape index (κ1) is 13.6. The van der Waals surface area contributed by atoms with E-state index in [9.17, 15) is 8.42 Å². The monoisotopic (exact) mass is 272 g/mol. The Kier molecular flexibility index (Phi) is 3.53. The molecule has 1 aliphatic heterocycles. The molecule has 18 heavy (non-hydrogen) atoms. The van der Waals surface area contributed by atoms with Gasteiger partial charge >= 0.3 is 0 Å². The summed E-state index contributed by atoms with van der Waals surface area (Å²) in [4.78, 5) is 0.280. The van der Waals surface area contributed by atoms with Crippen LogP contribution in [0.25, 0.3) is 0 Å². The van der Waals surface area contributed by atoms with Crippen molar-refractivity contribution in [1.29, 1.82) is 0 Å². The summed E-state index contributed by atoms with van der Waals surface area (Å²) in [6, 6.07) is 1.62. The number of furan rings is 1. The maximum absolute atomic E-state index is 12.6. The molecule has 0 aromatic carbocycles. The van der Waals surface area contributed by atoms with Crippen LogP contribution in [0.5, 0.6) is 0 Å². The van der Waals surface area contributed by atoms with E-state index in [1.54, 1.807) is 19.9 Å². The van der Waals surface area contributed by atoms with Gasteiger partial charge in [-0.25, -0.2) is 8.42 Å². The average Bonchev–Trinajstić information content (AvgIpc) is 2.57. The fourth-order valence-electron chi connectivity index (χ4n) is 2.53. The van der Waals surface area contributed by atoms with Crippen LogP contribution in [0.15, 0.2) is 15.4 Å². The lowest BCUT2D eigenvalue weighted by molar-refractivity contribution is 0.247. The molecule has 0 saturated carbocycles. The van der Waals surface area contributed by atoms with Crippen molar-refractivity contribution in [2.75, 3.05) is 6.54 Å². The topological polar surface area (TPSA) is 76.5 Å². The Bertz CT molecular complexity index is 536. The van der Waals surface area contributed by atoms with Crippen LogP contribution in [0.2, 0.25) is 0 Å². The van der Waals surface area contributed by atoms with Gasteiger partial charge in [-0.05, 0) is 39.7 Å². The summed E-state index contributed by atoms with van der Waals surface area (Å²) in [6.45, 7) is 5.81. The first-order valence-corrected chi connectivity index (χ1v) is 7.61. The summed E-state index contributed by atoms with van der Waals surface area (Å²) in [5, 5.41) is 0. The molecule has 2 atom stereocenters. The molecule has 0 spiro atoms. The minimum atomic E-state index is -3.46. The molecule has 1 aliphatic rings. The van der Waals surface area contributed by atoms with Crippen molar-refractivity contribution < 1.29 is 12.8 Å². The number of hydrogen-bond donors (Lipinski definition) is 1. The van der Waals surface area contributed by atoms with Gasteiger partial charge in [-0.1, -0.05) is 0 Å². The van der Waals surface area contributed by atoms with E-state index >= 15 is 0 Å². The van der Waals surface area contributed by atoms with Crippen molar-refractivity contribution in [3.05, 3.63) is 17.6 Å². The third kappa shape index (κ3) is 2.32. The average molecular weight is 272 g/mol. The van der Waals surface area contributed by atoms with E-state index in [2.05, 4.69) is 0 Å². The number of hydrogen-bond acceptors (Lipinski definition) is 4. The molecule has 0 radical (unpaired) electrons. The Morgan fingerprint density at radius 1 is 1.44 bits per heavy atom. The number of piperidine rings is 1. The summed E-state index contributed by atoms with van der Waals surface area (Å²) in [5.41, 5.74) is 5.86. The third-order valence-corrected chi connectivity index (χ3v) is 5.56. The number of aryl methyl sites for hydroxylation is 2. The third-order valence-electron chi connectivity index (χ3n) is 3.44. The van der Waals surface area contributed by atoms with Crippen molar-refractivity contribution in [2.45, 2.75) is 50.6 Å². The van der Waals surface area contributed by atoms with E-state index in [1.807, 2.05) is 6.92 Å². The number of nitrogens with two attached hydrogens (primary N) is 1. The lowest BCUT2D eigenvalue weighted by atomic mass is 10.0. The summed E-state index contributed by atoms with van der Waals surface area (Å²) < 4.78 is 32.0. The quantitative estimate of drug-likeness (QED) is 0.882. The molecule has 0 aliphatic carbocycles. The van der Waals surface area contributed by atoms with Crippen molar-refractivity contribution in [3.63, 3.8) is 0 Å². The van der Waals surface area contributed by atoms with Crippen molar-refractivity contribution in [1.82, 2.24) is 4.31 Å². The normalized spacial score (nSPS) is 26.4. The van der Waals surface area contributed by atoms with E-state index < -0.39 is 10.0 Å². The Morgan fingerprint density at radius 3 is 2.61 bits per heavy atom. The summed E-state index contributed by atoms with van der Waals surface area (Å²) in [7, 11) is -3.46. The molecule has 2 N–H and O–H groups in total. The molecule has 2 heterocycles. The minimum Gasteiger partial charge on any atom is -0.465 e. The van der Waals surface area contributed by atoms with Gasteiger partial charge < -0.3 is 10.2 Å². The highest BCUT2D eigenvalue weighted by atomic mass is 32.2. The molecule has 2 rings (SSSR count). The van der Waals surface area contributed by atoms with Crippen LogP contribution in [0.1, 0.15) is 31.3 Å². The van der Waals surface area contributed by atoms with Gasteiger partial charge in [0.1, 0.15) is 16.4 Å². The fourth-order valence-corrected chi connectivity index (χ4v) is 4.41. The maximum atomic E-state index is 12.6. The minimum absolute atomic E-state index is 0.0617. The molecule has 1 saturated heterocycles. The lowest BCUT2D eigenvalue weighted by Crippen LogP contribution is -2.48. The Balaban J connectivity index is 2.34. The van der Waals surface area contributed by atoms with Crippen LogP contribution in [0.3, 0.4) is 0 Å². The van der Waals surface area contributed by atoms with Gasteiger partial charge in [0.25, 0.3) is 0 Å². The van der Waals surface area contributed by atoms with Gasteiger partial charge in [0.05, 0.1) is 0 Å². The van der Waals surface area contributed by atoms with Gasteiger partial charge in [0.15, 0.2) is 0 Å². The van der Waals surface area contributed by atoms with Gasteiger partial charge in [-0.15, -0.1) is 0 Å². The van der Waals surface area contributed by atoms with Crippen LogP contribution < -0.4 is 5.73 Å².